The SMILES string of the molecule is C[C@H]1C2C[C@@H](C(=O)NCc3cc(-c4cnc(C(F)(F)F)nc4)ccc3F)N(Sc3ccc(F)cc3)C21. The van der Waals surface area contributed by atoms with E-state index in [0.717, 1.165) is 17.3 Å². The van der Waals surface area contributed by atoms with Crippen LogP contribution in [0.1, 0.15) is 24.7 Å². The minimum Gasteiger partial charge on any atom is -0.351 e. The van der Waals surface area contributed by atoms with Crippen molar-refractivity contribution in [2.45, 2.75) is 43.0 Å². The van der Waals surface area contributed by atoms with Gasteiger partial charge in [0, 0.05) is 41.0 Å². The number of hydrogen-bond donors (Lipinski definition) is 1. The van der Waals surface area contributed by atoms with Gasteiger partial charge in [0.15, 0.2) is 0 Å². The first-order chi connectivity index (χ1) is 17.1. The predicted molar refractivity (Wildman–Crippen MR) is 123 cm³/mol. The third kappa shape index (κ3) is 4.94. The summed E-state index contributed by atoms with van der Waals surface area (Å²) in [6.45, 7) is 2.05. The molecule has 1 aromatic heterocycles. The van der Waals surface area contributed by atoms with Crippen LogP contribution in [0.25, 0.3) is 11.1 Å². The number of alkyl halides is 3. The summed E-state index contributed by atoms with van der Waals surface area (Å²) in [5, 5.41) is 2.80. The van der Waals surface area contributed by atoms with E-state index in [1.165, 1.54) is 42.3 Å². The lowest BCUT2D eigenvalue weighted by molar-refractivity contribution is -0.145. The number of halogens is 5. The summed E-state index contributed by atoms with van der Waals surface area (Å²) in [5.41, 5.74) is 0.913. The number of carbonyl (C=O) groups is 1. The maximum Gasteiger partial charge on any atom is 0.451 e. The molecular formula is C25H21F5N4OS. The smallest absolute Gasteiger partial charge is 0.351 e. The van der Waals surface area contributed by atoms with Crippen molar-refractivity contribution in [2.75, 3.05) is 0 Å². The lowest BCUT2D eigenvalue weighted by Gasteiger charge is -2.26. The monoisotopic (exact) mass is 520 g/mol. The Labute approximate surface area is 208 Å². The maximum atomic E-state index is 14.5. The van der Waals surface area contributed by atoms with Gasteiger partial charge < -0.3 is 5.32 Å². The number of aromatic nitrogens is 2. The van der Waals surface area contributed by atoms with Crippen LogP contribution in [0.4, 0.5) is 22.0 Å². The standard InChI is InChI=1S/C25H21F5N4OS/c1-13-19-9-21(34(22(13)19)36-18-5-3-17(26)4-6-18)23(35)31-10-15-8-14(2-7-20(15)27)16-11-32-24(33-12-16)25(28,29)30/h2-8,11-13,19,21-22H,9-10H2,1H3,(H,31,35)/t13-,19?,21-,22?/m0/s1. The highest BCUT2D eigenvalue weighted by Crippen LogP contribution is 2.56. The normalized spacial score (nSPS) is 23.4. The van der Waals surface area contributed by atoms with Gasteiger partial charge in [0.1, 0.15) is 11.6 Å². The molecule has 2 aromatic carbocycles. The highest BCUT2D eigenvalue weighted by molar-refractivity contribution is 7.97. The summed E-state index contributed by atoms with van der Waals surface area (Å²) in [5.74, 6) is -1.53. The lowest BCUT2D eigenvalue weighted by Crippen LogP contribution is -2.42. The number of fused-ring (bicyclic) bond motifs is 1. The van der Waals surface area contributed by atoms with E-state index in [2.05, 4.69) is 22.2 Å². The van der Waals surface area contributed by atoms with Crippen molar-refractivity contribution in [3.63, 3.8) is 0 Å². The molecule has 36 heavy (non-hydrogen) atoms. The Balaban J connectivity index is 1.27. The van der Waals surface area contributed by atoms with Crippen LogP contribution in [-0.4, -0.2) is 32.3 Å². The second-order valence-corrected chi connectivity index (χ2v) is 10.1. The first-order valence-corrected chi connectivity index (χ1v) is 12.1. The third-order valence-electron chi connectivity index (χ3n) is 6.67. The van der Waals surface area contributed by atoms with Crippen LogP contribution >= 0.6 is 11.9 Å². The minimum atomic E-state index is -4.65. The molecule has 188 valence electrons. The molecule has 5 rings (SSSR count). The van der Waals surface area contributed by atoms with E-state index in [9.17, 15) is 26.7 Å². The minimum absolute atomic E-state index is 0.0869. The number of hydrogen-bond acceptors (Lipinski definition) is 5. The molecule has 0 radical (unpaired) electrons. The maximum absolute atomic E-state index is 14.5. The van der Waals surface area contributed by atoms with Crippen molar-refractivity contribution < 1.29 is 26.7 Å². The largest absolute Gasteiger partial charge is 0.451 e. The van der Waals surface area contributed by atoms with Gasteiger partial charge in [-0.25, -0.2) is 23.1 Å². The average Bonchev–Trinajstić information content (AvgIpc) is 3.31. The van der Waals surface area contributed by atoms with E-state index in [-0.39, 0.29) is 29.9 Å². The van der Waals surface area contributed by atoms with Gasteiger partial charge in [-0.05, 0) is 72.2 Å². The van der Waals surface area contributed by atoms with E-state index < -0.39 is 23.9 Å². The molecule has 3 aromatic rings. The van der Waals surface area contributed by atoms with Crippen molar-refractivity contribution in [3.8, 4) is 11.1 Å². The molecule has 0 bridgehead atoms. The first kappa shape index (κ1) is 24.6. The summed E-state index contributed by atoms with van der Waals surface area (Å²) < 4.78 is 68.0. The van der Waals surface area contributed by atoms with Crippen LogP contribution in [0.3, 0.4) is 0 Å². The highest BCUT2D eigenvalue weighted by Gasteiger charge is 2.60. The predicted octanol–water partition coefficient (Wildman–Crippen LogP) is 5.47. The fraction of sp³-hybridized carbons (Fsp3) is 0.320. The van der Waals surface area contributed by atoms with Crippen molar-refractivity contribution >= 4 is 17.9 Å². The zero-order chi connectivity index (χ0) is 25.6. The van der Waals surface area contributed by atoms with Gasteiger partial charge in [0.25, 0.3) is 0 Å². The van der Waals surface area contributed by atoms with Crippen molar-refractivity contribution in [1.82, 2.24) is 19.6 Å². The molecule has 2 heterocycles. The van der Waals surface area contributed by atoms with Gasteiger partial charge in [0.2, 0.25) is 11.7 Å². The molecule has 2 aliphatic rings. The second-order valence-electron chi connectivity index (χ2n) is 8.99. The Morgan fingerprint density at radius 3 is 2.44 bits per heavy atom. The van der Waals surface area contributed by atoms with E-state index >= 15 is 0 Å². The molecule has 2 unspecified atom stereocenters. The Hall–Kier alpha value is -3.05. The number of nitrogens with zero attached hydrogens (tertiary/aromatic N) is 3. The average molecular weight is 521 g/mol. The Kier molecular flexibility index (Phi) is 6.46. The first-order valence-electron chi connectivity index (χ1n) is 11.3. The zero-order valence-corrected chi connectivity index (χ0v) is 19.8. The molecule has 1 aliphatic carbocycles. The summed E-state index contributed by atoms with van der Waals surface area (Å²) in [6, 6.07) is 9.98. The molecule has 11 heteroatoms. The molecular weight excluding hydrogens is 499 g/mol. The number of benzene rings is 2. The molecule has 1 aliphatic heterocycles. The quantitative estimate of drug-likeness (QED) is 0.345. The number of nitrogens with one attached hydrogen (secondary N) is 1. The summed E-state index contributed by atoms with van der Waals surface area (Å²) in [7, 11) is 0. The summed E-state index contributed by atoms with van der Waals surface area (Å²) in [4.78, 5) is 20.6. The van der Waals surface area contributed by atoms with Crippen molar-refractivity contribution in [1.29, 1.82) is 0 Å². The topological polar surface area (TPSA) is 58.1 Å². The fourth-order valence-electron chi connectivity index (χ4n) is 4.64. The molecule has 1 N–H and O–H groups in total. The number of rotatable bonds is 6. The number of piperidine rings is 1. The van der Waals surface area contributed by atoms with Crippen LogP contribution in [0.15, 0.2) is 59.8 Å². The Morgan fingerprint density at radius 1 is 1.08 bits per heavy atom. The van der Waals surface area contributed by atoms with E-state index in [1.54, 1.807) is 12.1 Å². The highest BCUT2D eigenvalue weighted by atomic mass is 32.2. The van der Waals surface area contributed by atoms with E-state index in [0.29, 0.717) is 29.4 Å². The van der Waals surface area contributed by atoms with Gasteiger partial charge >= 0.3 is 6.18 Å². The molecule has 5 nitrogen and oxygen atoms in total. The number of amides is 1. The van der Waals surface area contributed by atoms with Gasteiger partial charge in [0.05, 0.1) is 6.04 Å². The second kappa shape index (κ2) is 9.44. The van der Waals surface area contributed by atoms with Gasteiger partial charge in [-0.15, -0.1) is 0 Å². The molecule has 1 saturated heterocycles. The van der Waals surface area contributed by atoms with Crippen molar-refractivity contribution in [2.24, 2.45) is 11.8 Å². The van der Waals surface area contributed by atoms with Gasteiger partial charge in [-0.2, -0.15) is 13.2 Å². The zero-order valence-electron chi connectivity index (χ0n) is 19.0. The third-order valence-corrected chi connectivity index (χ3v) is 7.86. The van der Waals surface area contributed by atoms with Gasteiger partial charge in [-0.3, -0.25) is 4.79 Å². The van der Waals surface area contributed by atoms with Crippen LogP contribution in [0.5, 0.6) is 0 Å². The van der Waals surface area contributed by atoms with E-state index in [4.69, 9.17) is 0 Å². The van der Waals surface area contributed by atoms with Crippen LogP contribution < -0.4 is 5.32 Å². The number of carbonyl (C=O) groups excluding carboxylic acids is 1. The van der Waals surface area contributed by atoms with E-state index in [1.807, 2.05) is 4.31 Å². The molecule has 0 spiro atoms. The molecule has 4 atom stereocenters. The van der Waals surface area contributed by atoms with Gasteiger partial charge in [-0.1, -0.05) is 13.0 Å². The Bertz CT molecular complexity index is 1270. The molecule has 2 fully saturated rings. The summed E-state index contributed by atoms with van der Waals surface area (Å²) >= 11 is 1.42. The van der Waals surface area contributed by atoms with Crippen molar-refractivity contribution in [3.05, 3.63) is 77.9 Å². The Morgan fingerprint density at radius 2 is 1.78 bits per heavy atom. The summed E-state index contributed by atoms with van der Waals surface area (Å²) in [6.07, 6.45) is -1.92. The lowest BCUT2D eigenvalue weighted by atomic mass is 10.0. The van der Waals surface area contributed by atoms with Crippen LogP contribution in [0.2, 0.25) is 0 Å². The van der Waals surface area contributed by atoms with Crippen LogP contribution in [0, 0.1) is 23.5 Å². The molecule has 1 amide bonds. The molecule has 1 saturated carbocycles. The fourth-order valence-corrected chi connectivity index (χ4v) is 5.92. The van der Waals surface area contributed by atoms with Crippen LogP contribution in [-0.2, 0) is 17.5 Å².